The van der Waals surface area contributed by atoms with E-state index in [2.05, 4.69) is 4.98 Å². The molecule has 0 amide bonds. The van der Waals surface area contributed by atoms with Crippen LogP contribution in [0, 0.1) is 16.0 Å². The lowest BCUT2D eigenvalue weighted by atomic mass is 10.0. The van der Waals surface area contributed by atoms with Crippen LogP contribution in [0.5, 0.6) is 0 Å². The van der Waals surface area contributed by atoms with E-state index in [9.17, 15) is 14.9 Å². The lowest BCUT2D eigenvalue weighted by Crippen LogP contribution is -2.02. The molecule has 0 aliphatic heterocycles. The number of fused-ring (bicyclic) bond motifs is 1. The molecule has 1 aromatic carbocycles. The lowest BCUT2D eigenvalue weighted by Gasteiger charge is -2.02. The number of hydrogen-bond donors (Lipinski definition) is 1. The predicted octanol–water partition coefficient (Wildman–Crippen LogP) is 3.30. The van der Waals surface area contributed by atoms with Crippen LogP contribution in [-0.4, -0.2) is 15.7 Å². The van der Waals surface area contributed by atoms with Crippen molar-refractivity contribution in [1.82, 2.24) is 4.98 Å². The van der Waals surface area contributed by atoms with Gasteiger partial charge in [0.2, 0.25) is 0 Å². The number of nitro benzene ring substituents is 1. The maximum absolute atomic E-state index is 12.0. The van der Waals surface area contributed by atoms with Crippen LogP contribution in [0.2, 0.25) is 0 Å². The van der Waals surface area contributed by atoms with Gasteiger partial charge in [0.25, 0.3) is 5.69 Å². The number of carbonyl (C=O) groups excluding carboxylic acids is 1. The normalized spacial score (nSPS) is 11.1. The summed E-state index contributed by atoms with van der Waals surface area (Å²) in [6, 6.07) is 4.49. The smallest absolute Gasteiger partial charge is 0.270 e. The number of nitro groups is 1. The van der Waals surface area contributed by atoms with Gasteiger partial charge in [0.05, 0.1) is 4.92 Å². The Balaban J connectivity index is 2.48. The van der Waals surface area contributed by atoms with Gasteiger partial charge in [0.15, 0.2) is 5.78 Å². The zero-order chi connectivity index (χ0) is 13.3. The number of nitrogens with zero attached hydrogens (tertiary/aromatic N) is 1. The molecule has 1 heterocycles. The molecule has 1 N–H and O–H groups in total. The summed E-state index contributed by atoms with van der Waals surface area (Å²) in [6.45, 7) is 3.93. The topological polar surface area (TPSA) is 76.0 Å². The van der Waals surface area contributed by atoms with Gasteiger partial charge < -0.3 is 4.98 Å². The average molecular weight is 246 g/mol. The first kappa shape index (κ1) is 12.3. The fraction of sp³-hybridized carbons (Fsp3) is 0.308. The van der Waals surface area contributed by atoms with E-state index in [4.69, 9.17) is 0 Å². The van der Waals surface area contributed by atoms with Crippen LogP contribution < -0.4 is 0 Å². The maximum Gasteiger partial charge on any atom is 0.270 e. The molecule has 0 spiro atoms. The first-order chi connectivity index (χ1) is 8.49. The summed E-state index contributed by atoms with van der Waals surface area (Å²) in [5, 5.41) is 11.4. The van der Waals surface area contributed by atoms with E-state index in [0.29, 0.717) is 17.4 Å². The highest BCUT2D eigenvalue weighted by atomic mass is 16.6. The summed E-state index contributed by atoms with van der Waals surface area (Å²) in [4.78, 5) is 25.3. The molecular weight excluding hydrogens is 232 g/mol. The third-order valence-electron chi connectivity index (χ3n) is 2.77. The van der Waals surface area contributed by atoms with Crippen LogP contribution >= 0.6 is 0 Å². The van der Waals surface area contributed by atoms with Crippen molar-refractivity contribution in [2.24, 2.45) is 5.92 Å². The Labute approximate surface area is 104 Å². The second-order valence-corrected chi connectivity index (χ2v) is 4.71. The minimum atomic E-state index is -0.455. The van der Waals surface area contributed by atoms with Crippen LogP contribution in [0.3, 0.4) is 0 Å². The molecule has 1 aromatic heterocycles. The number of carbonyl (C=O) groups is 1. The Morgan fingerprint density at radius 2 is 2.17 bits per heavy atom. The number of H-pyrrole nitrogens is 1. The van der Waals surface area contributed by atoms with Crippen LogP contribution in [0.4, 0.5) is 5.69 Å². The van der Waals surface area contributed by atoms with Crippen molar-refractivity contribution in [3.63, 3.8) is 0 Å². The van der Waals surface area contributed by atoms with Crippen molar-refractivity contribution in [3.8, 4) is 0 Å². The van der Waals surface area contributed by atoms with Crippen LogP contribution in [0.1, 0.15) is 30.6 Å². The molecular formula is C13H14N2O3. The Hall–Kier alpha value is -2.17. The molecule has 5 nitrogen and oxygen atoms in total. The van der Waals surface area contributed by atoms with E-state index in [1.54, 1.807) is 12.3 Å². The Kier molecular flexibility index (Phi) is 3.14. The third kappa shape index (κ3) is 2.25. The molecule has 94 valence electrons. The molecule has 0 bridgehead atoms. The molecule has 0 saturated heterocycles. The number of ketones is 1. The molecule has 2 rings (SSSR count). The zero-order valence-corrected chi connectivity index (χ0v) is 10.3. The number of aromatic nitrogens is 1. The third-order valence-corrected chi connectivity index (χ3v) is 2.77. The zero-order valence-electron chi connectivity index (χ0n) is 10.3. The summed E-state index contributed by atoms with van der Waals surface area (Å²) in [7, 11) is 0. The van der Waals surface area contributed by atoms with Gasteiger partial charge in [-0.05, 0) is 12.0 Å². The van der Waals surface area contributed by atoms with Crippen molar-refractivity contribution in [2.75, 3.05) is 0 Å². The Bertz CT molecular complexity index is 614. The summed E-state index contributed by atoms with van der Waals surface area (Å²) in [6.07, 6.45) is 2.06. The lowest BCUT2D eigenvalue weighted by molar-refractivity contribution is -0.384. The molecule has 5 heteroatoms. The van der Waals surface area contributed by atoms with Gasteiger partial charge in [0.1, 0.15) is 0 Å². The molecule has 2 aromatic rings. The van der Waals surface area contributed by atoms with Crippen molar-refractivity contribution in [3.05, 3.63) is 40.1 Å². The average Bonchev–Trinajstić information content (AvgIpc) is 2.70. The van der Waals surface area contributed by atoms with Gasteiger partial charge in [-0.3, -0.25) is 14.9 Å². The fourth-order valence-corrected chi connectivity index (χ4v) is 1.93. The van der Waals surface area contributed by atoms with Crippen molar-refractivity contribution < 1.29 is 9.72 Å². The minimum absolute atomic E-state index is 0.000645. The number of hydrogen-bond acceptors (Lipinski definition) is 3. The summed E-state index contributed by atoms with van der Waals surface area (Å²) < 4.78 is 0. The molecule has 0 saturated carbocycles. The van der Waals surface area contributed by atoms with Crippen molar-refractivity contribution in [1.29, 1.82) is 0 Å². The number of nitrogens with one attached hydrogen (secondary N) is 1. The summed E-state index contributed by atoms with van der Waals surface area (Å²) in [5.41, 5.74) is 1.27. The number of benzene rings is 1. The first-order valence-corrected chi connectivity index (χ1v) is 5.77. The molecule has 0 unspecified atom stereocenters. The summed E-state index contributed by atoms with van der Waals surface area (Å²) >= 11 is 0. The quantitative estimate of drug-likeness (QED) is 0.510. The van der Waals surface area contributed by atoms with E-state index < -0.39 is 4.92 Å². The highest BCUT2D eigenvalue weighted by Gasteiger charge is 2.16. The summed E-state index contributed by atoms with van der Waals surface area (Å²) in [5.74, 6) is 0.276. The Morgan fingerprint density at radius 1 is 1.44 bits per heavy atom. The first-order valence-electron chi connectivity index (χ1n) is 5.77. The molecule has 0 aliphatic rings. The van der Waals surface area contributed by atoms with Gasteiger partial charge in [-0.15, -0.1) is 0 Å². The molecule has 0 fully saturated rings. The van der Waals surface area contributed by atoms with Crippen molar-refractivity contribution >= 4 is 22.4 Å². The number of Topliss-reactive ketones (excluding diaryl/α,β-unsaturated/α-hetero) is 1. The van der Waals surface area contributed by atoms with Gasteiger partial charge in [-0.25, -0.2) is 0 Å². The van der Waals surface area contributed by atoms with Crippen LogP contribution in [0.25, 0.3) is 10.9 Å². The van der Waals surface area contributed by atoms with E-state index in [-0.39, 0.29) is 17.4 Å². The number of aromatic amines is 1. The van der Waals surface area contributed by atoms with E-state index in [1.165, 1.54) is 12.1 Å². The Morgan fingerprint density at radius 3 is 2.78 bits per heavy atom. The van der Waals surface area contributed by atoms with E-state index in [1.807, 2.05) is 13.8 Å². The largest absolute Gasteiger partial charge is 0.360 e. The SMILES string of the molecule is CC(C)CC(=O)c1c[nH]c2ccc([N+](=O)[O-])cc12. The fourth-order valence-electron chi connectivity index (χ4n) is 1.93. The van der Waals surface area contributed by atoms with Crippen LogP contribution in [-0.2, 0) is 0 Å². The highest BCUT2D eigenvalue weighted by Crippen LogP contribution is 2.25. The second-order valence-electron chi connectivity index (χ2n) is 4.71. The number of non-ortho nitro benzene ring substituents is 1. The predicted molar refractivity (Wildman–Crippen MR) is 68.7 cm³/mol. The van der Waals surface area contributed by atoms with Gasteiger partial charge in [0, 0.05) is 41.2 Å². The highest BCUT2D eigenvalue weighted by molar-refractivity contribution is 6.08. The molecule has 0 radical (unpaired) electrons. The van der Waals surface area contributed by atoms with E-state index in [0.717, 1.165) is 5.52 Å². The minimum Gasteiger partial charge on any atom is -0.360 e. The van der Waals surface area contributed by atoms with Crippen molar-refractivity contribution in [2.45, 2.75) is 20.3 Å². The second kappa shape index (κ2) is 4.60. The van der Waals surface area contributed by atoms with Gasteiger partial charge in [-0.1, -0.05) is 13.8 Å². The molecule has 0 atom stereocenters. The molecule has 0 aliphatic carbocycles. The van der Waals surface area contributed by atoms with Gasteiger partial charge in [-0.2, -0.15) is 0 Å². The number of rotatable bonds is 4. The van der Waals surface area contributed by atoms with Crippen LogP contribution in [0.15, 0.2) is 24.4 Å². The monoisotopic (exact) mass is 246 g/mol. The molecule has 18 heavy (non-hydrogen) atoms. The maximum atomic E-state index is 12.0. The van der Waals surface area contributed by atoms with Gasteiger partial charge >= 0.3 is 0 Å². The standard InChI is InChI=1S/C13H14N2O3/c1-8(2)5-13(16)11-7-14-12-4-3-9(15(17)18)6-10(11)12/h3-4,6-8,14H,5H2,1-2H3. The van der Waals surface area contributed by atoms with E-state index >= 15 is 0 Å².